The third kappa shape index (κ3) is 2.14. The van der Waals surface area contributed by atoms with Gasteiger partial charge in [-0.05, 0) is 31.2 Å². The van der Waals surface area contributed by atoms with Crippen LogP contribution < -0.4 is 9.47 Å². The lowest BCUT2D eigenvalue weighted by Crippen LogP contribution is -2.03. The first-order valence-corrected chi connectivity index (χ1v) is 5.90. The molecule has 1 aromatic heterocycles. The number of ketones is 1. The predicted octanol–water partition coefficient (Wildman–Crippen LogP) is 2.38. The zero-order valence-electron chi connectivity index (χ0n) is 10.6. The van der Waals surface area contributed by atoms with Crippen molar-refractivity contribution in [2.45, 2.75) is 13.8 Å². The number of Topliss-reactive ketones (excluding diaryl/α,β-unsaturated/α-hetero) is 1. The van der Waals surface area contributed by atoms with Gasteiger partial charge in [0, 0.05) is 18.2 Å². The first-order valence-electron chi connectivity index (χ1n) is 5.90. The molecule has 0 saturated heterocycles. The van der Waals surface area contributed by atoms with Gasteiger partial charge in [0.1, 0.15) is 0 Å². The summed E-state index contributed by atoms with van der Waals surface area (Å²) in [5, 5.41) is 0. The Morgan fingerprint density at radius 2 is 1.95 bits per heavy atom. The topological polar surface area (TPSA) is 61.3 Å². The van der Waals surface area contributed by atoms with Gasteiger partial charge in [-0.25, -0.2) is 9.97 Å². The second-order valence-electron chi connectivity index (χ2n) is 4.34. The zero-order chi connectivity index (χ0) is 13.4. The molecule has 19 heavy (non-hydrogen) atoms. The highest BCUT2D eigenvalue weighted by Gasteiger charge is 2.15. The molecule has 0 radical (unpaired) electrons. The summed E-state index contributed by atoms with van der Waals surface area (Å²) in [4.78, 5) is 19.8. The van der Waals surface area contributed by atoms with Crippen LogP contribution in [0.15, 0.2) is 24.3 Å². The van der Waals surface area contributed by atoms with Crippen molar-refractivity contribution in [2.75, 3.05) is 6.79 Å². The van der Waals surface area contributed by atoms with Crippen molar-refractivity contribution in [1.29, 1.82) is 0 Å². The minimum absolute atomic E-state index is 0.148. The van der Waals surface area contributed by atoms with Gasteiger partial charge in [-0.3, -0.25) is 4.79 Å². The molecule has 0 N–H and O–H groups in total. The lowest BCUT2D eigenvalue weighted by Gasteiger charge is -2.05. The third-order valence-electron chi connectivity index (χ3n) is 2.84. The summed E-state index contributed by atoms with van der Waals surface area (Å²) in [6.45, 7) is 3.53. The molecule has 96 valence electrons. The van der Waals surface area contributed by atoms with Crippen molar-refractivity contribution in [2.24, 2.45) is 0 Å². The Hall–Kier alpha value is -2.43. The Bertz CT molecular complexity index is 668. The summed E-state index contributed by atoms with van der Waals surface area (Å²) in [5.41, 5.74) is 2.33. The van der Waals surface area contributed by atoms with Crippen LogP contribution >= 0.6 is 0 Å². The summed E-state index contributed by atoms with van der Waals surface area (Å²) in [5.74, 6) is 1.50. The molecular weight excluding hydrogens is 244 g/mol. The van der Waals surface area contributed by atoms with Crippen LogP contribution in [-0.4, -0.2) is 22.5 Å². The van der Waals surface area contributed by atoms with Gasteiger partial charge in [-0.15, -0.1) is 0 Å². The van der Waals surface area contributed by atoms with E-state index >= 15 is 0 Å². The monoisotopic (exact) mass is 256 g/mol. The molecule has 2 aromatic rings. The molecular formula is C14H12N2O3. The number of hydrogen-bond donors (Lipinski definition) is 0. The van der Waals surface area contributed by atoms with E-state index in [2.05, 4.69) is 9.97 Å². The molecule has 1 aliphatic rings. The maximum Gasteiger partial charge on any atom is 0.231 e. The summed E-state index contributed by atoms with van der Waals surface area (Å²) in [6, 6.07) is 7.42. The molecule has 0 saturated carbocycles. The summed E-state index contributed by atoms with van der Waals surface area (Å²) in [6.07, 6.45) is 0. The number of nitrogens with zero attached hydrogens (tertiary/aromatic N) is 2. The van der Waals surface area contributed by atoms with Crippen molar-refractivity contribution < 1.29 is 14.3 Å². The number of carbonyl (C=O) groups excluding carboxylic acids is 1. The standard InChI is InChI=1S/C14H12N2O3/c1-8-5-11(16-14(15-8)9(2)17)10-3-4-12-13(6-10)19-7-18-12/h3-6H,7H2,1-2H3. The van der Waals surface area contributed by atoms with Crippen LogP contribution in [0.25, 0.3) is 11.3 Å². The van der Waals surface area contributed by atoms with E-state index in [1.807, 2.05) is 31.2 Å². The highest BCUT2D eigenvalue weighted by molar-refractivity contribution is 5.90. The predicted molar refractivity (Wildman–Crippen MR) is 68.3 cm³/mol. The van der Waals surface area contributed by atoms with Gasteiger partial charge >= 0.3 is 0 Å². The number of fused-ring (bicyclic) bond motifs is 1. The van der Waals surface area contributed by atoms with E-state index < -0.39 is 0 Å². The van der Waals surface area contributed by atoms with Crippen LogP contribution in [0.3, 0.4) is 0 Å². The van der Waals surface area contributed by atoms with E-state index in [0.717, 1.165) is 17.0 Å². The second kappa shape index (κ2) is 4.35. The molecule has 0 fully saturated rings. The second-order valence-corrected chi connectivity index (χ2v) is 4.34. The number of benzene rings is 1. The Kier molecular flexibility index (Phi) is 2.67. The quantitative estimate of drug-likeness (QED) is 0.772. The molecule has 0 atom stereocenters. The maximum atomic E-state index is 11.4. The van der Waals surface area contributed by atoms with Crippen molar-refractivity contribution in [3.05, 3.63) is 35.8 Å². The normalized spacial score (nSPS) is 12.5. The fourth-order valence-electron chi connectivity index (χ4n) is 1.93. The van der Waals surface area contributed by atoms with E-state index in [1.165, 1.54) is 6.92 Å². The van der Waals surface area contributed by atoms with Crippen LogP contribution in [0.4, 0.5) is 0 Å². The number of carbonyl (C=O) groups is 1. The zero-order valence-corrected chi connectivity index (χ0v) is 10.6. The molecule has 5 heteroatoms. The number of aromatic nitrogens is 2. The van der Waals surface area contributed by atoms with Crippen LogP contribution in [0.2, 0.25) is 0 Å². The van der Waals surface area contributed by atoms with Gasteiger partial charge < -0.3 is 9.47 Å². The van der Waals surface area contributed by atoms with Gasteiger partial charge in [-0.2, -0.15) is 0 Å². The Labute approximate surface area is 110 Å². The molecule has 0 aliphatic carbocycles. The number of ether oxygens (including phenoxy) is 2. The van der Waals surface area contributed by atoms with Gasteiger partial charge in [0.05, 0.1) is 5.69 Å². The fourth-order valence-corrected chi connectivity index (χ4v) is 1.93. The summed E-state index contributed by atoms with van der Waals surface area (Å²) in [7, 11) is 0. The van der Waals surface area contributed by atoms with Crippen LogP contribution in [0, 0.1) is 6.92 Å². The van der Waals surface area contributed by atoms with Gasteiger partial charge in [0.2, 0.25) is 6.79 Å². The first kappa shape index (κ1) is 11.6. The SMILES string of the molecule is CC(=O)c1nc(C)cc(-c2ccc3c(c2)OCO3)n1. The Morgan fingerprint density at radius 3 is 2.74 bits per heavy atom. The largest absolute Gasteiger partial charge is 0.454 e. The lowest BCUT2D eigenvalue weighted by molar-refractivity contribution is 0.100. The van der Waals surface area contributed by atoms with Crippen molar-refractivity contribution in [1.82, 2.24) is 9.97 Å². The molecule has 0 amide bonds. The van der Waals surface area contributed by atoms with E-state index in [1.54, 1.807) is 0 Å². The summed E-state index contributed by atoms with van der Waals surface area (Å²) >= 11 is 0. The molecule has 3 rings (SSSR count). The van der Waals surface area contributed by atoms with Crippen molar-refractivity contribution in [3.8, 4) is 22.8 Å². The minimum Gasteiger partial charge on any atom is -0.454 e. The van der Waals surface area contributed by atoms with Gasteiger partial charge in [0.25, 0.3) is 0 Å². The van der Waals surface area contributed by atoms with E-state index in [0.29, 0.717) is 11.4 Å². The Morgan fingerprint density at radius 1 is 1.16 bits per heavy atom. The van der Waals surface area contributed by atoms with Crippen LogP contribution in [0.1, 0.15) is 23.2 Å². The van der Waals surface area contributed by atoms with Crippen molar-refractivity contribution >= 4 is 5.78 Å². The molecule has 5 nitrogen and oxygen atoms in total. The fraction of sp³-hybridized carbons (Fsp3) is 0.214. The van der Waals surface area contributed by atoms with E-state index in [-0.39, 0.29) is 18.4 Å². The van der Waals surface area contributed by atoms with Gasteiger partial charge in [-0.1, -0.05) is 0 Å². The minimum atomic E-state index is -0.148. The summed E-state index contributed by atoms with van der Waals surface area (Å²) < 4.78 is 10.6. The average molecular weight is 256 g/mol. The molecule has 1 aromatic carbocycles. The first-order chi connectivity index (χ1) is 9.13. The molecule has 2 heterocycles. The average Bonchev–Trinajstić information content (AvgIpc) is 2.85. The Balaban J connectivity index is 2.09. The van der Waals surface area contributed by atoms with Crippen LogP contribution in [-0.2, 0) is 0 Å². The number of hydrogen-bond acceptors (Lipinski definition) is 5. The maximum absolute atomic E-state index is 11.4. The van der Waals surface area contributed by atoms with Gasteiger partial charge in [0.15, 0.2) is 23.1 Å². The highest BCUT2D eigenvalue weighted by atomic mass is 16.7. The third-order valence-corrected chi connectivity index (χ3v) is 2.84. The van der Waals surface area contributed by atoms with Crippen molar-refractivity contribution in [3.63, 3.8) is 0 Å². The number of aryl methyl sites for hydroxylation is 1. The molecule has 0 unspecified atom stereocenters. The molecule has 1 aliphatic heterocycles. The molecule has 0 bridgehead atoms. The smallest absolute Gasteiger partial charge is 0.231 e. The number of rotatable bonds is 2. The highest BCUT2D eigenvalue weighted by Crippen LogP contribution is 2.35. The lowest BCUT2D eigenvalue weighted by atomic mass is 10.1. The molecule has 0 spiro atoms. The van der Waals surface area contributed by atoms with E-state index in [9.17, 15) is 4.79 Å². The van der Waals surface area contributed by atoms with E-state index in [4.69, 9.17) is 9.47 Å². The van der Waals surface area contributed by atoms with Crippen LogP contribution in [0.5, 0.6) is 11.5 Å².